The van der Waals surface area contributed by atoms with E-state index in [0.29, 0.717) is 6.61 Å². The predicted molar refractivity (Wildman–Crippen MR) is 217 cm³/mol. The molecule has 0 fully saturated rings. The Kier molecular flexibility index (Phi) is 8.54. The summed E-state index contributed by atoms with van der Waals surface area (Å²) in [7, 11) is 0. The van der Waals surface area contributed by atoms with Crippen molar-refractivity contribution in [2.45, 2.75) is 64.3 Å². The zero-order chi connectivity index (χ0) is 34.1. The number of fused-ring (bicyclic) bond motifs is 9. The smallest absolute Gasteiger partial charge is 0.0541 e. The molecule has 0 saturated carbocycles. The molecule has 9 aromatic rings. The van der Waals surface area contributed by atoms with Gasteiger partial charge in [-0.15, -0.1) is 0 Å². The minimum atomic E-state index is 0.325. The predicted octanol–water partition coefficient (Wildman–Crippen LogP) is 12.5. The molecule has 0 aliphatic carbocycles. The van der Waals surface area contributed by atoms with Gasteiger partial charge in [0, 0.05) is 67.9 Å². The second kappa shape index (κ2) is 13.8. The molecule has 0 spiro atoms. The summed E-state index contributed by atoms with van der Waals surface area (Å²) < 4.78 is 7.45. The summed E-state index contributed by atoms with van der Waals surface area (Å²) in [6.45, 7) is 1.34. The van der Waals surface area contributed by atoms with E-state index in [2.05, 4.69) is 147 Å². The van der Waals surface area contributed by atoms with Gasteiger partial charge < -0.3 is 18.8 Å². The molecule has 0 unspecified atom stereocenters. The highest BCUT2D eigenvalue weighted by atomic mass is 16.2. The summed E-state index contributed by atoms with van der Waals surface area (Å²) in [4.78, 5) is 0. The van der Waals surface area contributed by atoms with Crippen molar-refractivity contribution in [3.63, 3.8) is 0 Å². The molecule has 0 saturated heterocycles. The molecule has 3 heterocycles. The normalized spacial score (nSPS) is 12.1. The summed E-state index contributed by atoms with van der Waals surface area (Å²) in [5.41, 5.74) is 9.94. The summed E-state index contributed by atoms with van der Waals surface area (Å²) in [5.74, 6) is 0. The molecule has 1 N–H and O–H groups in total. The molecule has 0 radical (unpaired) electrons. The second-order valence-corrected chi connectivity index (χ2v) is 14.2. The molecule has 51 heavy (non-hydrogen) atoms. The van der Waals surface area contributed by atoms with Crippen LogP contribution in [0.5, 0.6) is 0 Å². The number of benzene rings is 6. The number of para-hydroxylation sites is 4. The van der Waals surface area contributed by atoms with Crippen LogP contribution in [-0.2, 0) is 6.54 Å². The lowest BCUT2D eigenvalue weighted by atomic mass is 10.1. The highest BCUT2D eigenvalue weighted by molar-refractivity contribution is 6.13. The molecule has 4 nitrogen and oxygen atoms in total. The third-order valence-electron chi connectivity index (χ3n) is 11.0. The first-order chi connectivity index (χ1) is 25.3. The Morgan fingerprint density at radius 2 is 0.686 bits per heavy atom. The van der Waals surface area contributed by atoms with Gasteiger partial charge in [-0.05, 0) is 73.5 Å². The third-order valence-corrected chi connectivity index (χ3v) is 11.0. The van der Waals surface area contributed by atoms with Crippen LogP contribution in [0, 0.1) is 0 Å². The number of hydrogen-bond acceptors (Lipinski definition) is 1. The van der Waals surface area contributed by atoms with Gasteiger partial charge >= 0.3 is 0 Å². The van der Waals surface area contributed by atoms with Crippen molar-refractivity contribution in [3.05, 3.63) is 133 Å². The van der Waals surface area contributed by atoms with E-state index in [1.807, 2.05) is 0 Å². The van der Waals surface area contributed by atoms with Crippen LogP contribution >= 0.6 is 0 Å². The number of aliphatic hydroxyl groups is 1. The first kappa shape index (κ1) is 31.6. The van der Waals surface area contributed by atoms with Crippen molar-refractivity contribution in [1.29, 1.82) is 0 Å². The Hall–Kier alpha value is -5.32. The largest absolute Gasteiger partial charge is 0.396 e. The molecule has 0 aliphatic rings. The minimum absolute atomic E-state index is 0.325. The molecule has 0 aliphatic heterocycles. The lowest BCUT2D eigenvalue weighted by Gasteiger charge is -2.10. The summed E-state index contributed by atoms with van der Waals surface area (Å²) in [5, 5.41) is 16.8. The van der Waals surface area contributed by atoms with Crippen LogP contribution in [0.15, 0.2) is 133 Å². The Bertz CT molecular complexity index is 2380. The Morgan fingerprint density at radius 1 is 0.333 bits per heavy atom. The van der Waals surface area contributed by atoms with Gasteiger partial charge in [-0.25, -0.2) is 0 Å². The molecule has 0 atom stereocenters. The number of rotatable bonds is 13. The highest BCUT2D eigenvalue weighted by Gasteiger charge is 2.18. The van der Waals surface area contributed by atoms with Crippen LogP contribution in [0.25, 0.3) is 76.8 Å². The maximum atomic E-state index is 9.04. The van der Waals surface area contributed by atoms with Gasteiger partial charge in [0.1, 0.15) is 0 Å². The minimum Gasteiger partial charge on any atom is -0.396 e. The van der Waals surface area contributed by atoms with Gasteiger partial charge in [-0.1, -0.05) is 118 Å². The molecular formula is C47H45N3O. The first-order valence-corrected chi connectivity index (χ1v) is 19.0. The van der Waals surface area contributed by atoms with Gasteiger partial charge in [0.25, 0.3) is 0 Å². The van der Waals surface area contributed by atoms with Crippen LogP contribution in [0.2, 0.25) is 0 Å². The molecule has 254 valence electrons. The van der Waals surface area contributed by atoms with E-state index in [-0.39, 0.29) is 0 Å². The topological polar surface area (TPSA) is 35.0 Å². The van der Waals surface area contributed by atoms with Crippen LogP contribution < -0.4 is 0 Å². The van der Waals surface area contributed by atoms with Crippen molar-refractivity contribution in [3.8, 4) is 11.4 Å². The van der Waals surface area contributed by atoms with Crippen molar-refractivity contribution in [1.82, 2.24) is 13.7 Å². The van der Waals surface area contributed by atoms with E-state index in [1.165, 1.54) is 122 Å². The lowest BCUT2D eigenvalue weighted by molar-refractivity contribution is 0.282. The van der Waals surface area contributed by atoms with E-state index >= 15 is 0 Å². The monoisotopic (exact) mass is 667 g/mol. The lowest BCUT2D eigenvalue weighted by Crippen LogP contribution is -1.99. The van der Waals surface area contributed by atoms with Crippen LogP contribution in [0.3, 0.4) is 0 Å². The van der Waals surface area contributed by atoms with Crippen LogP contribution in [-0.4, -0.2) is 25.4 Å². The molecule has 4 heteroatoms. The number of aryl methyl sites for hydroxylation is 1. The fourth-order valence-electron chi connectivity index (χ4n) is 8.62. The number of aliphatic hydroxyl groups excluding tert-OH is 1. The van der Waals surface area contributed by atoms with Crippen molar-refractivity contribution < 1.29 is 5.11 Å². The highest BCUT2D eigenvalue weighted by Crippen LogP contribution is 2.38. The molecular weight excluding hydrogens is 623 g/mol. The molecule has 6 aromatic carbocycles. The standard InChI is InChI=1S/C47H45N3O/c51-31-17-7-5-3-1-2-4-6-16-30-48-42-28-26-34(49-44-22-12-8-18-36(44)37-19-9-13-23-45(37)49)32-40(42)41-33-35(27-29-43(41)48)50-46-24-14-10-20-38(46)39-21-11-15-25-47(39)50/h8-15,18-29,32-33,51H,1-7,16-17,30-31H2. The zero-order valence-corrected chi connectivity index (χ0v) is 29.3. The fraction of sp³-hybridized carbons (Fsp3) is 0.234. The van der Waals surface area contributed by atoms with Gasteiger partial charge in [0.05, 0.1) is 22.1 Å². The third kappa shape index (κ3) is 5.59. The van der Waals surface area contributed by atoms with Crippen LogP contribution in [0.4, 0.5) is 0 Å². The van der Waals surface area contributed by atoms with Crippen molar-refractivity contribution >= 4 is 65.4 Å². The van der Waals surface area contributed by atoms with Gasteiger partial charge in [-0.2, -0.15) is 0 Å². The van der Waals surface area contributed by atoms with Crippen LogP contribution in [0.1, 0.15) is 57.8 Å². The summed E-state index contributed by atoms with van der Waals surface area (Å²) in [6.07, 6.45) is 10.9. The molecule has 3 aromatic heterocycles. The van der Waals surface area contributed by atoms with Gasteiger partial charge in [-0.3, -0.25) is 0 Å². The first-order valence-electron chi connectivity index (χ1n) is 19.0. The van der Waals surface area contributed by atoms with Crippen molar-refractivity contribution in [2.24, 2.45) is 0 Å². The average molecular weight is 668 g/mol. The van der Waals surface area contributed by atoms with E-state index in [1.54, 1.807) is 0 Å². The number of nitrogens with zero attached hydrogens (tertiary/aromatic N) is 3. The summed E-state index contributed by atoms with van der Waals surface area (Å²) in [6, 6.07) is 49.4. The van der Waals surface area contributed by atoms with E-state index in [0.717, 1.165) is 19.4 Å². The summed E-state index contributed by atoms with van der Waals surface area (Å²) >= 11 is 0. The molecule has 9 rings (SSSR count). The molecule has 0 amide bonds. The number of unbranched alkanes of at least 4 members (excludes halogenated alkanes) is 8. The van der Waals surface area contributed by atoms with E-state index in [4.69, 9.17) is 5.11 Å². The quantitative estimate of drug-likeness (QED) is 0.122. The average Bonchev–Trinajstić information content (AvgIpc) is 3.81. The van der Waals surface area contributed by atoms with Gasteiger partial charge in [0.2, 0.25) is 0 Å². The number of aromatic nitrogens is 3. The van der Waals surface area contributed by atoms with Crippen molar-refractivity contribution in [2.75, 3.05) is 6.61 Å². The van der Waals surface area contributed by atoms with E-state index in [9.17, 15) is 0 Å². The zero-order valence-electron chi connectivity index (χ0n) is 29.3. The van der Waals surface area contributed by atoms with Gasteiger partial charge in [0.15, 0.2) is 0 Å². The maximum absolute atomic E-state index is 9.04. The Morgan fingerprint density at radius 3 is 1.08 bits per heavy atom. The Balaban J connectivity index is 1.14. The SMILES string of the molecule is OCCCCCCCCCCCn1c2ccc(-n3c4ccccc4c4ccccc43)cc2c2cc(-n3c4ccccc4c4ccccc43)ccc21. The molecule has 0 bridgehead atoms. The second-order valence-electron chi connectivity index (χ2n) is 14.2. The van der Waals surface area contributed by atoms with E-state index < -0.39 is 0 Å². The Labute approximate surface area is 299 Å². The maximum Gasteiger partial charge on any atom is 0.0541 e. The number of hydrogen-bond donors (Lipinski definition) is 1. The fourth-order valence-corrected chi connectivity index (χ4v) is 8.62.